The minimum Gasteiger partial charge on any atom is -0.362 e. The van der Waals surface area contributed by atoms with Crippen molar-refractivity contribution in [3.63, 3.8) is 0 Å². The molecule has 0 spiro atoms. The molecule has 0 bridgehead atoms. The van der Waals surface area contributed by atoms with E-state index in [1.165, 1.54) is 4.88 Å². The summed E-state index contributed by atoms with van der Waals surface area (Å²) in [6, 6.07) is 4.56. The lowest BCUT2D eigenvalue weighted by Crippen LogP contribution is -2.13. The number of nitrogens with zero attached hydrogens (tertiary/aromatic N) is 2. The van der Waals surface area contributed by atoms with E-state index in [1.807, 2.05) is 13.1 Å². The molecule has 20 heavy (non-hydrogen) atoms. The molecule has 0 radical (unpaired) electrons. The van der Waals surface area contributed by atoms with E-state index in [4.69, 9.17) is 0 Å². The van der Waals surface area contributed by atoms with E-state index in [1.54, 1.807) is 11.3 Å². The van der Waals surface area contributed by atoms with E-state index >= 15 is 0 Å². The minimum atomic E-state index is 0.308. The van der Waals surface area contributed by atoms with Gasteiger partial charge in [0.25, 0.3) is 0 Å². The van der Waals surface area contributed by atoms with Gasteiger partial charge in [0, 0.05) is 23.2 Å². The second kappa shape index (κ2) is 7.24. The number of rotatable bonds is 7. The minimum absolute atomic E-state index is 0.308. The molecule has 2 rings (SSSR count). The fraction of sp³-hybridized carbons (Fsp3) is 0.467. The molecule has 2 aromatic rings. The van der Waals surface area contributed by atoms with E-state index in [0.29, 0.717) is 12.0 Å². The van der Waals surface area contributed by atoms with Crippen LogP contribution in [0.1, 0.15) is 43.2 Å². The fourth-order valence-corrected chi connectivity index (χ4v) is 2.80. The number of hydrogen-bond acceptors (Lipinski definition) is 5. The van der Waals surface area contributed by atoms with Crippen molar-refractivity contribution in [3.8, 4) is 0 Å². The summed E-state index contributed by atoms with van der Waals surface area (Å²) >= 11 is 1.78. The summed E-state index contributed by atoms with van der Waals surface area (Å²) < 4.78 is 0. The topological polar surface area (TPSA) is 49.8 Å². The molecule has 5 heteroatoms. The van der Waals surface area contributed by atoms with Gasteiger partial charge in [-0.3, -0.25) is 0 Å². The van der Waals surface area contributed by atoms with Gasteiger partial charge in [-0.1, -0.05) is 19.9 Å². The molecule has 0 aliphatic carbocycles. The third-order valence-electron chi connectivity index (χ3n) is 3.11. The Kier molecular flexibility index (Phi) is 5.35. The first kappa shape index (κ1) is 14.8. The van der Waals surface area contributed by atoms with Crippen LogP contribution in [0.15, 0.2) is 23.7 Å². The van der Waals surface area contributed by atoms with Crippen LogP contribution in [0.5, 0.6) is 0 Å². The summed E-state index contributed by atoms with van der Waals surface area (Å²) in [6.07, 6.45) is 3.96. The molecular formula is C15H22N4S. The molecule has 108 valence electrons. The quantitative estimate of drug-likeness (QED) is 0.801. The molecule has 1 atom stereocenters. The summed E-state index contributed by atoms with van der Waals surface area (Å²) in [6.45, 7) is 7.24. The number of thiophene rings is 1. The molecule has 0 aliphatic heterocycles. The molecule has 0 aliphatic rings. The van der Waals surface area contributed by atoms with Crippen molar-refractivity contribution in [2.45, 2.75) is 39.7 Å². The van der Waals surface area contributed by atoms with Gasteiger partial charge in [-0.2, -0.15) is 4.98 Å². The van der Waals surface area contributed by atoms with Crippen molar-refractivity contribution in [3.05, 3.63) is 34.2 Å². The normalized spacial score (nSPS) is 12.2. The monoisotopic (exact) mass is 290 g/mol. The summed E-state index contributed by atoms with van der Waals surface area (Å²) in [7, 11) is 0. The van der Waals surface area contributed by atoms with Gasteiger partial charge in [-0.25, -0.2) is 4.98 Å². The first-order valence-corrected chi connectivity index (χ1v) is 8.00. The molecule has 0 amide bonds. The van der Waals surface area contributed by atoms with Crippen molar-refractivity contribution < 1.29 is 0 Å². The number of aromatic nitrogens is 2. The Morgan fingerprint density at radius 3 is 2.85 bits per heavy atom. The van der Waals surface area contributed by atoms with Crippen LogP contribution in [0, 0.1) is 6.92 Å². The van der Waals surface area contributed by atoms with E-state index in [2.05, 4.69) is 52.0 Å². The van der Waals surface area contributed by atoms with Gasteiger partial charge in [0.05, 0.1) is 6.04 Å². The lowest BCUT2D eigenvalue weighted by molar-refractivity contribution is 0.756. The highest BCUT2D eigenvalue weighted by atomic mass is 32.1. The molecule has 2 N–H and O–H groups in total. The fourth-order valence-electron chi connectivity index (χ4n) is 1.94. The van der Waals surface area contributed by atoms with Gasteiger partial charge in [0.15, 0.2) is 0 Å². The van der Waals surface area contributed by atoms with E-state index in [-0.39, 0.29) is 0 Å². The molecular weight excluding hydrogens is 268 g/mol. The number of aryl methyl sites for hydroxylation is 1. The average Bonchev–Trinajstić information content (AvgIpc) is 2.99. The van der Waals surface area contributed by atoms with Gasteiger partial charge in [-0.15, -0.1) is 11.3 Å². The lowest BCUT2D eigenvalue weighted by Gasteiger charge is -2.18. The molecule has 2 heterocycles. The zero-order valence-electron chi connectivity index (χ0n) is 12.3. The third-order valence-corrected chi connectivity index (χ3v) is 4.10. The van der Waals surface area contributed by atoms with E-state index in [0.717, 1.165) is 30.8 Å². The molecule has 0 saturated heterocycles. The molecule has 0 fully saturated rings. The predicted molar refractivity (Wildman–Crippen MR) is 86.5 cm³/mol. The van der Waals surface area contributed by atoms with Crippen LogP contribution in [-0.2, 0) is 0 Å². The summed E-state index contributed by atoms with van der Waals surface area (Å²) in [5.74, 6) is 1.61. The van der Waals surface area contributed by atoms with Crippen LogP contribution < -0.4 is 10.6 Å². The average molecular weight is 290 g/mol. The molecule has 0 saturated carbocycles. The highest BCUT2D eigenvalue weighted by Crippen LogP contribution is 2.26. The molecule has 2 aromatic heterocycles. The van der Waals surface area contributed by atoms with Gasteiger partial charge in [-0.05, 0) is 31.2 Å². The van der Waals surface area contributed by atoms with Crippen molar-refractivity contribution >= 4 is 23.1 Å². The Bertz CT molecular complexity index is 525. The zero-order chi connectivity index (χ0) is 14.4. The summed E-state index contributed by atoms with van der Waals surface area (Å²) in [5, 5.41) is 8.88. The Hall–Kier alpha value is -1.62. The molecule has 4 nitrogen and oxygen atoms in total. The Morgan fingerprint density at radius 2 is 2.20 bits per heavy atom. The largest absolute Gasteiger partial charge is 0.362 e. The van der Waals surface area contributed by atoms with Gasteiger partial charge in [0.2, 0.25) is 5.95 Å². The van der Waals surface area contributed by atoms with Crippen LogP contribution >= 0.6 is 11.3 Å². The Morgan fingerprint density at radius 1 is 1.35 bits per heavy atom. The van der Waals surface area contributed by atoms with Crippen LogP contribution in [0.2, 0.25) is 0 Å². The highest BCUT2D eigenvalue weighted by Gasteiger charge is 2.13. The SMILES string of the molecule is CCCNc1ncc(C)c(NC(CC)c2cccs2)n1. The Labute approximate surface area is 124 Å². The maximum absolute atomic E-state index is 4.58. The molecule has 1 unspecified atom stereocenters. The smallest absolute Gasteiger partial charge is 0.224 e. The first-order valence-electron chi connectivity index (χ1n) is 7.12. The first-order chi connectivity index (χ1) is 9.74. The summed E-state index contributed by atoms with van der Waals surface area (Å²) in [5.41, 5.74) is 1.07. The maximum atomic E-state index is 4.58. The highest BCUT2D eigenvalue weighted by molar-refractivity contribution is 7.10. The zero-order valence-corrected chi connectivity index (χ0v) is 13.1. The second-order valence-corrected chi connectivity index (χ2v) is 5.75. The van der Waals surface area contributed by atoms with Crippen molar-refractivity contribution in [2.24, 2.45) is 0 Å². The standard InChI is InChI=1S/C15H22N4S/c1-4-8-16-15-17-10-11(3)14(19-15)18-12(5-2)13-7-6-9-20-13/h6-7,9-10,12H,4-5,8H2,1-3H3,(H2,16,17,18,19). The van der Waals surface area contributed by atoms with Crippen molar-refractivity contribution in [2.75, 3.05) is 17.2 Å². The van der Waals surface area contributed by atoms with Crippen LogP contribution in [0.4, 0.5) is 11.8 Å². The number of nitrogens with one attached hydrogen (secondary N) is 2. The van der Waals surface area contributed by atoms with Crippen LogP contribution in [-0.4, -0.2) is 16.5 Å². The van der Waals surface area contributed by atoms with Crippen molar-refractivity contribution in [1.82, 2.24) is 9.97 Å². The van der Waals surface area contributed by atoms with Crippen LogP contribution in [0.3, 0.4) is 0 Å². The van der Waals surface area contributed by atoms with Crippen molar-refractivity contribution in [1.29, 1.82) is 0 Å². The van der Waals surface area contributed by atoms with E-state index in [9.17, 15) is 0 Å². The maximum Gasteiger partial charge on any atom is 0.224 e. The van der Waals surface area contributed by atoms with Gasteiger partial charge >= 0.3 is 0 Å². The van der Waals surface area contributed by atoms with Crippen LogP contribution in [0.25, 0.3) is 0 Å². The van der Waals surface area contributed by atoms with Gasteiger partial charge in [0.1, 0.15) is 5.82 Å². The van der Waals surface area contributed by atoms with Gasteiger partial charge < -0.3 is 10.6 Å². The lowest BCUT2D eigenvalue weighted by atomic mass is 10.2. The number of anilines is 2. The Balaban J connectivity index is 2.14. The van der Waals surface area contributed by atoms with E-state index < -0.39 is 0 Å². The third kappa shape index (κ3) is 3.70. The summed E-state index contributed by atoms with van der Waals surface area (Å²) in [4.78, 5) is 10.2. The second-order valence-electron chi connectivity index (χ2n) is 4.77. The number of hydrogen-bond donors (Lipinski definition) is 2. The molecule has 0 aromatic carbocycles. The predicted octanol–water partition coefficient (Wildman–Crippen LogP) is 4.23.